The van der Waals surface area contributed by atoms with Gasteiger partial charge in [0.15, 0.2) is 5.16 Å². The molecule has 8 nitrogen and oxygen atoms in total. The van der Waals surface area contributed by atoms with Gasteiger partial charge in [-0.15, -0.1) is 31.7 Å². The third kappa shape index (κ3) is 4.23. The zero-order valence-corrected chi connectivity index (χ0v) is 18.9. The van der Waals surface area contributed by atoms with Crippen LogP contribution in [0.5, 0.6) is 0 Å². The van der Waals surface area contributed by atoms with Crippen LogP contribution in [0, 0.1) is 6.92 Å². The molecular formula is C21H22N6O2S2. The Hall–Kier alpha value is -2.69. The van der Waals surface area contributed by atoms with Crippen LogP contribution in [0.3, 0.4) is 0 Å². The van der Waals surface area contributed by atoms with Crippen LogP contribution in [0.1, 0.15) is 23.6 Å². The summed E-state index contributed by atoms with van der Waals surface area (Å²) >= 11 is 3.14. The molecule has 4 heterocycles. The fourth-order valence-electron chi connectivity index (χ4n) is 3.41. The van der Waals surface area contributed by atoms with Crippen LogP contribution >= 0.6 is 23.1 Å². The van der Waals surface area contributed by atoms with Gasteiger partial charge in [0.05, 0.1) is 29.0 Å². The third-order valence-electron chi connectivity index (χ3n) is 4.97. The van der Waals surface area contributed by atoms with Crippen LogP contribution in [0.25, 0.3) is 16.5 Å². The molecule has 1 fully saturated rings. The second kappa shape index (κ2) is 8.81. The van der Waals surface area contributed by atoms with Gasteiger partial charge in [0.1, 0.15) is 0 Å². The van der Waals surface area contributed by atoms with Crippen molar-refractivity contribution >= 4 is 29.0 Å². The van der Waals surface area contributed by atoms with Gasteiger partial charge < -0.3 is 14.1 Å². The smallest absolute Gasteiger partial charge is 0.257 e. The third-order valence-corrected chi connectivity index (χ3v) is 6.86. The van der Waals surface area contributed by atoms with E-state index >= 15 is 0 Å². The lowest BCUT2D eigenvalue weighted by atomic mass is 10.2. The summed E-state index contributed by atoms with van der Waals surface area (Å²) in [5.41, 5.74) is 2.21. The summed E-state index contributed by atoms with van der Waals surface area (Å²) in [6.45, 7) is 7.08. The molecule has 1 atom stereocenters. The first kappa shape index (κ1) is 20.2. The second-order valence-corrected chi connectivity index (χ2v) is 9.49. The maximum atomic E-state index is 5.93. The van der Waals surface area contributed by atoms with E-state index in [1.54, 1.807) is 23.1 Å². The van der Waals surface area contributed by atoms with Gasteiger partial charge in [0.2, 0.25) is 11.8 Å². The van der Waals surface area contributed by atoms with Gasteiger partial charge in [0.25, 0.3) is 5.89 Å². The Morgan fingerprint density at radius 2 is 1.94 bits per heavy atom. The topological polar surface area (TPSA) is 82.1 Å². The molecule has 0 aliphatic carbocycles. The Morgan fingerprint density at radius 3 is 2.71 bits per heavy atom. The number of morpholine rings is 1. The van der Waals surface area contributed by atoms with Crippen LogP contribution in [0.15, 0.2) is 51.4 Å². The minimum absolute atomic E-state index is 0.0773. The fourth-order valence-corrected chi connectivity index (χ4v) is 4.94. The molecule has 4 aromatic rings. The molecular weight excluding hydrogens is 432 g/mol. The van der Waals surface area contributed by atoms with Crippen molar-refractivity contribution < 1.29 is 9.15 Å². The van der Waals surface area contributed by atoms with E-state index in [0.717, 1.165) is 34.8 Å². The van der Waals surface area contributed by atoms with Crippen LogP contribution in [-0.2, 0) is 4.74 Å². The summed E-state index contributed by atoms with van der Waals surface area (Å²) in [6.07, 6.45) is 0. The maximum absolute atomic E-state index is 5.93. The minimum Gasteiger partial charge on any atom is -0.419 e. The number of aromatic nitrogens is 5. The number of thiophene rings is 1. The molecule has 1 aliphatic rings. The van der Waals surface area contributed by atoms with Crippen LogP contribution in [0.4, 0.5) is 5.95 Å². The highest BCUT2D eigenvalue weighted by Crippen LogP contribution is 2.37. The predicted molar refractivity (Wildman–Crippen MR) is 121 cm³/mol. The molecule has 31 heavy (non-hydrogen) atoms. The molecule has 1 saturated heterocycles. The van der Waals surface area contributed by atoms with Crippen LogP contribution < -0.4 is 4.90 Å². The van der Waals surface area contributed by atoms with Crippen molar-refractivity contribution in [1.82, 2.24) is 25.0 Å². The summed E-state index contributed by atoms with van der Waals surface area (Å²) in [5, 5.41) is 20.2. The standard InChI is InChI=1S/C21H22N6O2S2/c1-14-5-3-6-16(13-14)27-20(26-8-10-28-11-9-26)24-25-21(27)31-15(2)18-22-23-19(29-18)17-7-4-12-30-17/h3-7,12-13,15H,8-11H2,1-2H3. The largest absolute Gasteiger partial charge is 0.419 e. The molecule has 0 N–H and O–H groups in total. The highest BCUT2D eigenvalue weighted by atomic mass is 32.2. The Bertz CT molecular complexity index is 1150. The predicted octanol–water partition coefficient (Wildman–Crippen LogP) is 4.38. The lowest BCUT2D eigenvalue weighted by Gasteiger charge is -2.28. The second-order valence-electron chi connectivity index (χ2n) is 7.24. The molecule has 1 aromatic carbocycles. The van der Waals surface area contributed by atoms with Crippen LogP contribution in [-0.4, -0.2) is 51.3 Å². The quantitative estimate of drug-likeness (QED) is 0.397. The van der Waals surface area contributed by atoms with E-state index in [4.69, 9.17) is 9.15 Å². The monoisotopic (exact) mass is 454 g/mol. The number of anilines is 1. The summed E-state index contributed by atoms with van der Waals surface area (Å²) in [7, 11) is 0. The van der Waals surface area contributed by atoms with E-state index < -0.39 is 0 Å². The van der Waals surface area contributed by atoms with Crippen LogP contribution in [0.2, 0.25) is 0 Å². The molecule has 1 aliphatic heterocycles. The first-order valence-electron chi connectivity index (χ1n) is 10.1. The van der Waals surface area contributed by atoms with Crippen molar-refractivity contribution in [3.05, 3.63) is 53.2 Å². The molecule has 3 aromatic heterocycles. The summed E-state index contributed by atoms with van der Waals surface area (Å²) in [6, 6.07) is 12.3. The Morgan fingerprint density at radius 1 is 1.06 bits per heavy atom. The number of rotatable bonds is 6. The Kier molecular flexibility index (Phi) is 5.75. The first-order chi connectivity index (χ1) is 15.2. The first-order valence-corrected chi connectivity index (χ1v) is 11.8. The number of ether oxygens (including phenoxy) is 1. The highest BCUT2D eigenvalue weighted by molar-refractivity contribution is 7.99. The van der Waals surface area contributed by atoms with E-state index in [0.29, 0.717) is 25.0 Å². The van der Waals surface area contributed by atoms with Gasteiger partial charge in [-0.1, -0.05) is 30.0 Å². The lowest BCUT2D eigenvalue weighted by Crippen LogP contribution is -2.37. The zero-order chi connectivity index (χ0) is 21.2. The molecule has 0 saturated carbocycles. The van der Waals surface area contributed by atoms with Gasteiger partial charge in [-0.2, -0.15) is 0 Å². The Labute approximate surface area is 188 Å². The number of benzene rings is 1. The van der Waals surface area contributed by atoms with Crippen molar-refractivity contribution in [2.45, 2.75) is 24.3 Å². The molecule has 10 heteroatoms. The average Bonchev–Trinajstić information content (AvgIpc) is 3.54. The molecule has 0 bridgehead atoms. The molecule has 0 amide bonds. The van der Waals surface area contributed by atoms with E-state index in [1.165, 1.54) is 5.56 Å². The summed E-state index contributed by atoms with van der Waals surface area (Å²) in [5.74, 6) is 1.94. The number of nitrogens with zero attached hydrogens (tertiary/aromatic N) is 6. The molecule has 5 rings (SSSR count). The SMILES string of the molecule is Cc1cccc(-n2c(SC(C)c3nnc(-c4cccs4)o3)nnc2N2CCOCC2)c1. The van der Waals surface area contributed by atoms with E-state index in [2.05, 4.69) is 61.1 Å². The molecule has 160 valence electrons. The number of hydrogen-bond acceptors (Lipinski definition) is 9. The van der Waals surface area contributed by atoms with Crippen molar-refractivity contribution in [3.63, 3.8) is 0 Å². The van der Waals surface area contributed by atoms with Crippen molar-refractivity contribution in [2.75, 3.05) is 31.2 Å². The van der Waals surface area contributed by atoms with Gasteiger partial charge in [0, 0.05) is 13.1 Å². The normalized spacial score (nSPS) is 15.4. The van der Waals surface area contributed by atoms with Crippen molar-refractivity contribution in [2.24, 2.45) is 0 Å². The molecule has 0 radical (unpaired) electrons. The highest BCUT2D eigenvalue weighted by Gasteiger charge is 2.25. The zero-order valence-electron chi connectivity index (χ0n) is 17.3. The van der Waals surface area contributed by atoms with E-state index in [-0.39, 0.29) is 5.25 Å². The summed E-state index contributed by atoms with van der Waals surface area (Å²) < 4.78 is 13.6. The van der Waals surface area contributed by atoms with Gasteiger partial charge >= 0.3 is 0 Å². The van der Waals surface area contributed by atoms with Gasteiger partial charge in [-0.3, -0.25) is 4.57 Å². The Balaban J connectivity index is 1.46. The minimum atomic E-state index is -0.0773. The maximum Gasteiger partial charge on any atom is 0.257 e. The van der Waals surface area contributed by atoms with Gasteiger partial charge in [-0.05, 0) is 43.0 Å². The average molecular weight is 455 g/mol. The van der Waals surface area contributed by atoms with Crippen molar-refractivity contribution in [1.29, 1.82) is 0 Å². The summed E-state index contributed by atoms with van der Waals surface area (Å²) in [4.78, 5) is 3.18. The van der Waals surface area contributed by atoms with E-state index in [1.807, 2.05) is 24.4 Å². The molecule has 0 spiro atoms. The number of thioether (sulfide) groups is 1. The van der Waals surface area contributed by atoms with E-state index in [9.17, 15) is 0 Å². The van der Waals surface area contributed by atoms with Gasteiger partial charge in [-0.25, -0.2) is 0 Å². The van der Waals surface area contributed by atoms with Crippen molar-refractivity contribution in [3.8, 4) is 16.5 Å². The molecule has 1 unspecified atom stereocenters. The fraction of sp³-hybridized carbons (Fsp3) is 0.333. The number of hydrogen-bond donors (Lipinski definition) is 0. The lowest BCUT2D eigenvalue weighted by molar-refractivity contribution is 0.122. The number of aryl methyl sites for hydroxylation is 1.